The van der Waals surface area contributed by atoms with Crippen LogP contribution in [-0.2, 0) is 4.57 Å². The van der Waals surface area contributed by atoms with Gasteiger partial charge >= 0.3 is 0 Å². The van der Waals surface area contributed by atoms with Crippen LogP contribution < -0.4 is 15.9 Å². The molecule has 0 N–H and O–H groups in total. The number of hydrogen-bond donors (Lipinski definition) is 0. The molecule has 0 aliphatic heterocycles. The van der Waals surface area contributed by atoms with E-state index in [4.69, 9.17) is 13.3 Å². The molecule has 12 aromatic rings. The van der Waals surface area contributed by atoms with E-state index < -0.39 is 7.14 Å². The molecule has 0 aliphatic carbocycles. The van der Waals surface area contributed by atoms with Gasteiger partial charge in [-0.15, -0.1) is 0 Å². The zero-order valence-electron chi connectivity index (χ0n) is 31.6. The van der Waals surface area contributed by atoms with E-state index in [9.17, 15) is 0 Å². The van der Waals surface area contributed by atoms with Crippen LogP contribution >= 0.6 is 7.14 Å². The molecule has 0 amide bonds. The van der Waals surface area contributed by atoms with Crippen LogP contribution in [0.15, 0.2) is 213 Å². The van der Waals surface area contributed by atoms with Gasteiger partial charge in [0.1, 0.15) is 33.5 Å². The highest BCUT2D eigenvalue weighted by Gasteiger charge is 2.30. The predicted octanol–water partition coefficient (Wildman–Crippen LogP) is 14.0. The molecule has 9 aromatic carbocycles. The van der Waals surface area contributed by atoms with Gasteiger partial charge in [-0.25, -0.2) is 0 Å². The normalized spacial score (nSPS) is 12.1. The molecule has 3 aromatic heterocycles. The highest BCUT2D eigenvalue weighted by Crippen LogP contribution is 2.44. The zero-order valence-corrected chi connectivity index (χ0v) is 32.5. The maximum absolute atomic E-state index is 15.2. The average Bonchev–Trinajstić information content (AvgIpc) is 3.99. The van der Waals surface area contributed by atoms with Crippen molar-refractivity contribution in [3.05, 3.63) is 200 Å². The summed E-state index contributed by atoms with van der Waals surface area (Å²) in [5.74, 6) is 0. The first-order chi connectivity index (χ1) is 29.1. The van der Waals surface area contributed by atoms with Crippen LogP contribution in [0.4, 0.5) is 0 Å². The zero-order chi connectivity index (χ0) is 39.1. The molecule has 12 rings (SSSR count). The monoisotopic (exact) mass is 776 g/mol. The van der Waals surface area contributed by atoms with Crippen molar-refractivity contribution in [1.82, 2.24) is 0 Å². The van der Waals surface area contributed by atoms with Crippen molar-refractivity contribution in [1.29, 1.82) is 0 Å². The van der Waals surface area contributed by atoms with E-state index in [2.05, 4.69) is 109 Å². The van der Waals surface area contributed by atoms with Crippen molar-refractivity contribution < 1.29 is 17.8 Å². The van der Waals surface area contributed by atoms with Crippen molar-refractivity contribution in [3.63, 3.8) is 0 Å². The van der Waals surface area contributed by atoms with Crippen LogP contribution in [0, 0.1) is 0 Å². The van der Waals surface area contributed by atoms with Crippen molar-refractivity contribution in [2.75, 3.05) is 0 Å². The molecule has 0 aliphatic rings. The molecule has 0 spiro atoms. The Morgan fingerprint density at radius 1 is 0.254 bits per heavy atom. The summed E-state index contributed by atoms with van der Waals surface area (Å²) in [4.78, 5) is 0. The van der Waals surface area contributed by atoms with Crippen LogP contribution in [0.25, 0.3) is 99.2 Å². The lowest BCUT2D eigenvalue weighted by molar-refractivity contribution is 0.592. The summed E-state index contributed by atoms with van der Waals surface area (Å²) in [7, 11) is -3.13. The summed E-state index contributed by atoms with van der Waals surface area (Å²) in [6.45, 7) is 0. The fraction of sp³-hybridized carbons (Fsp3) is 0. The third kappa shape index (κ3) is 5.41. The maximum atomic E-state index is 15.2. The summed E-state index contributed by atoms with van der Waals surface area (Å²) in [5.41, 5.74) is 11.6. The highest BCUT2D eigenvalue weighted by atomic mass is 31.2. The molecule has 5 heteroatoms. The Hall–Kier alpha value is -7.39. The second kappa shape index (κ2) is 13.1. The van der Waals surface area contributed by atoms with Crippen LogP contribution in [0.3, 0.4) is 0 Å². The minimum Gasteiger partial charge on any atom is -0.456 e. The number of rotatable bonds is 6. The van der Waals surface area contributed by atoms with Gasteiger partial charge in [-0.2, -0.15) is 0 Å². The molecule has 0 unspecified atom stereocenters. The number of para-hydroxylation sites is 1. The molecule has 0 bridgehead atoms. The number of hydrogen-bond acceptors (Lipinski definition) is 4. The molecule has 3 heterocycles. The minimum atomic E-state index is -3.13. The van der Waals surface area contributed by atoms with E-state index in [-0.39, 0.29) is 0 Å². The molecule has 0 atom stereocenters. The summed E-state index contributed by atoms with van der Waals surface area (Å²) in [6, 6.07) is 68.0. The summed E-state index contributed by atoms with van der Waals surface area (Å²) in [6.07, 6.45) is 0. The summed E-state index contributed by atoms with van der Waals surface area (Å²) in [5, 5.41) is 8.86. The van der Waals surface area contributed by atoms with Crippen molar-refractivity contribution in [2.24, 2.45) is 0 Å². The van der Waals surface area contributed by atoms with E-state index in [1.807, 2.05) is 91.0 Å². The largest absolute Gasteiger partial charge is 0.456 e. The molecular weight excluding hydrogens is 744 g/mol. The Balaban J connectivity index is 0.931. The first kappa shape index (κ1) is 33.7. The van der Waals surface area contributed by atoms with Crippen LogP contribution in [0.1, 0.15) is 0 Å². The third-order valence-corrected chi connectivity index (χ3v) is 14.8. The molecule has 4 nitrogen and oxygen atoms in total. The predicted molar refractivity (Wildman–Crippen MR) is 244 cm³/mol. The van der Waals surface area contributed by atoms with Gasteiger partial charge in [0.25, 0.3) is 0 Å². The quantitative estimate of drug-likeness (QED) is 0.158. The minimum absolute atomic E-state index is 0.800. The number of benzene rings is 9. The van der Waals surface area contributed by atoms with Gasteiger partial charge in [0, 0.05) is 48.2 Å². The molecule has 59 heavy (non-hydrogen) atoms. The van der Waals surface area contributed by atoms with Crippen LogP contribution in [0.5, 0.6) is 0 Å². The van der Waals surface area contributed by atoms with Crippen LogP contribution in [-0.4, -0.2) is 0 Å². The van der Waals surface area contributed by atoms with Crippen molar-refractivity contribution >= 4 is 88.9 Å². The molecule has 0 fully saturated rings. The lowest BCUT2D eigenvalue weighted by Gasteiger charge is -2.20. The Bertz CT molecular complexity index is 3600. The van der Waals surface area contributed by atoms with Gasteiger partial charge in [-0.3, -0.25) is 0 Å². The fourth-order valence-corrected chi connectivity index (χ4v) is 11.5. The lowest BCUT2D eigenvalue weighted by atomic mass is 9.98. The van der Waals surface area contributed by atoms with Crippen molar-refractivity contribution in [3.8, 4) is 33.4 Å². The summed E-state index contributed by atoms with van der Waals surface area (Å²) < 4.78 is 34.0. The first-order valence-electron chi connectivity index (χ1n) is 19.7. The van der Waals surface area contributed by atoms with E-state index in [0.29, 0.717) is 0 Å². The maximum Gasteiger partial charge on any atom is 0.171 e. The highest BCUT2D eigenvalue weighted by molar-refractivity contribution is 7.85. The van der Waals surface area contributed by atoms with Gasteiger partial charge in [0.15, 0.2) is 7.14 Å². The van der Waals surface area contributed by atoms with Crippen molar-refractivity contribution in [2.45, 2.75) is 0 Å². The first-order valence-corrected chi connectivity index (χ1v) is 21.4. The second-order valence-electron chi connectivity index (χ2n) is 15.2. The molecule has 0 saturated heterocycles. The van der Waals surface area contributed by atoms with E-state index >= 15 is 4.57 Å². The van der Waals surface area contributed by atoms with Gasteiger partial charge in [0.2, 0.25) is 0 Å². The van der Waals surface area contributed by atoms with Gasteiger partial charge < -0.3 is 17.8 Å². The molecule has 278 valence electrons. The molecule has 0 radical (unpaired) electrons. The number of fused-ring (bicyclic) bond motifs is 9. The average molecular weight is 777 g/mol. The standard InChI is InChI=1S/C54H33O4P/c55-59(40-11-3-1-4-12-40,41-13-5-2-6-14-41)42-15-9-10-34(28-42)35-18-24-51-45(30-35)46-32-38(21-26-52(46)57-51)39-22-27-54-48(33-39)47-31-37(20-25-53(47)58-54)36-19-23-50-44(29-36)43-16-7-8-17-49(43)56-50/h1-33H. The lowest BCUT2D eigenvalue weighted by Crippen LogP contribution is -2.25. The molecule has 0 saturated carbocycles. The Kier molecular flexibility index (Phi) is 7.47. The number of furan rings is 3. The smallest absolute Gasteiger partial charge is 0.171 e. The second-order valence-corrected chi connectivity index (χ2v) is 18.0. The van der Waals surface area contributed by atoms with Gasteiger partial charge in [0.05, 0.1) is 0 Å². The van der Waals surface area contributed by atoms with Crippen LogP contribution in [0.2, 0.25) is 0 Å². The Labute approximate surface area is 338 Å². The third-order valence-electron chi connectivity index (χ3n) is 11.8. The fourth-order valence-electron chi connectivity index (χ4n) is 8.78. The van der Waals surface area contributed by atoms with E-state index in [0.717, 1.165) is 115 Å². The van der Waals surface area contributed by atoms with E-state index in [1.165, 1.54) is 0 Å². The van der Waals surface area contributed by atoms with Gasteiger partial charge in [-0.1, -0.05) is 127 Å². The Morgan fingerprint density at radius 3 is 1.00 bits per heavy atom. The topological polar surface area (TPSA) is 56.5 Å². The molecular formula is C54H33O4P. The van der Waals surface area contributed by atoms with E-state index in [1.54, 1.807) is 0 Å². The Morgan fingerprint density at radius 2 is 0.576 bits per heavy atom. The SMILES string of the molecule is O=P(c1ccccc1)(c1ccccc1)c1cccc(-c2ccc3oc4ccc(-c5ccc6oc7ccc(-c8ccc9oc%10ccccc%10c9c8)cc7c6c5)cc4c3c2)c1. The van der Waals surface area contributed by atoms with Gasteiger partial charge in [-0.05, 0) is 106 Å². The summed E-state index contributed by atoms with van der Waals surface area (Å²) >= 11 is 0.